The molecule has 0 aromatic rings. The molecule has 1 aliphatic rings. The van der Waals surface area contributed by atoms with Crippen molar-refractivity contribution in [1.82, 2.24) is 0 Å². The zero-order chi connectivity index (χ0) is 23.4. The van der Waals surface area contributed by atoms with Crippen LogP contribution in [-0.4, -0.2) is 61.4 Å². The lowest BCUT2D eigenvalue weighted by molar-refractivity contribution is -0.906. The Morgan fingerprint density at radius 3 is 1.58 bits per heavy atom. The molecule has 1 fully saturated rings. The van der Waals surface area contributed by atoms with E-state index in [2.05, 4.69) is 14.0 Å². The van der Waals surface area contributed by atoms with Crippen molar-refractivity contribution in [3.05, 3.63) is 0 Å². The van der Waals surface area contributed by atoms with Crippen molar-refractivity contribution in [1.29, 1.82) is 0 Å². The highest BCUT2D eigenvalue weighted by Gasteiger charge is 2.25. The molecule has 1 saturated heterocycles. The van der Waals surface area contributed by atoms with Gasteiger partial charge in [0.05, 0.1) is 26.7 Å². The number of rotatable bonds is 22. The van der Waals surface area contributed by atoms with Crippen LogP contribution < -0.4 is 4.89 Å². The number of quaternary nitrogens is 1. The number of phosphoric acid groups is 1. The zero-order valence-electron chi connectivity index (χ0n) is 21.7. The van der Waals surface area contributed by atoms with Crippen LogP contribution >= 0.6 is 19.6 Å². The molecular weight excluding hydrogens is 457 g/mol. The Bertz CT molecular complexity index is 478. The van der Waals surface area contributed by atoms with Crippen molar-refractivity contribution in [3.8, 4) is 0 Å². The third-order valence-corrected chi connectivity index (χ3v) is 8.62. The van der Waals surface area contributed by atoms with E-state index in [9.17, 15) is 9.46 Å². The van der Waals surface area contributed by atoms with Gasteiger partial charge in [0.25, 0.3) is 7.82 Å². The summed E-state index contributed by atoms with van der Waals surface area (Å²) in [5.41, 5.74) is 0. The van der Waals surface area contributed by atoms with Crippen LogP contribution in [0, 0.1) is 0 Å². The van der Waals surface area contributed by atoms with Gasteiger partial charge in [-0.2, -0.15) is 11.8 Å². The fourth-order valence-corrected chi connectivity index (χ4v) is 6.32. The Balaban J connectivity index is 0.0000102. The molecule has 1 atom stereocenters. The van der Waals surface area contributed by atoms with Crippen LogP contribution in [0.5, 0.6) is 0 Å². The molecule has 200 valence electrons. The monoisotopic (exact) mass is 511 g/mol. The molecule has 0 aliphatic carbocycles. The molecule has 33 heavy (non-hydrogen) atoms. The third-order valence-electron chi connectivity index (χ3n) is 6.68. The van der Waals surface area contributed by atoms with Gasteiger partial charge in [0.15, 0.2) is 0 Å². The van der Waals surface area contributed by atoms with Gasteiger partial charge in [-0.15, -0.1) is 0 Å². The summed E-state index contributed by atoms with van der Waals surface area (Å²) < 4.78 is 22.9. The molecule has 0 amide bonds. The molecule has 6 nitrogen and oxygen atoms in total. The maximum absolute atomic E-state index is 11.9. The van der Waals surface area contributed by atoms with Crippen molar-refractivity contribution in [2.45, 2.75) is 110 Å². The molecule has 1 rings (SSSR count). The van der Waals surface area contributed by atoms with Crippen LogP contribution in [-0.2, 0) is 13.6 Å². The quantitative estimate of drug-likeness (QED) is 0.0992. The molecular formula is C25H54NO5PS. The summed E-state index contributed by atoms with van der Waals surface area (Å²) >= 11 is 1.97. The van der Waals surface area contributed by atoms with E-state index in [1.807, 2.05) is 11.8 Å². The summed E-state index contributed by atoms with van der Waals surface area (Å²) in [6, 6.07) is 0. The molecule has 1 heterocycles. The van der Waals surface area contributed by atoms with Crippen molar-refractivity contribution >= 4 is 19.6 Å². The smallest absolute Gasteiger partial charge is 0.268 e. The number of hydrogen-bond acceptors (Lipinski definition) is 5. The summed E-state index contributed by atoms with van der Waals surface area (Å²) in [5.74, 6) is 2.28. The molecule has 0 saturated carbocycles. The van der Waals surface area contributed by atoms with Gasteiger partial charge in [0, 0.05) is 11.5 Å². The second-order valence-corrected chi connectivity index (χ2v) is 12.5. The first-order valence-corrected chi connectivity index (χ1v) is 16.1. The van der Waals surface area contributed by atoms with Crippen LogP contribution in [0.25, 0.3) is 0 Å². The molecule has 0 spiro atoms. The summed E-state index contributed by atoms with van der Waals surface area (Å²) in [6.07, 6.45) is 20.9. The van der Waals surface area contributed by atoms with Gasteiger partial charge in [-0.25, -0.2) is 0 Å². The highest BCUT2D eigenvalue weighted by atomic mass is 32.2. The topological polar surface area (TPSA) is 90.1 Å². The fourth-order valence-electron chi connectivity index (χ4n) is 4.24. The average molecular weight is 512 g/mol. The lowest BCUT2D eigenvalue weighted by atomic mass is 10.0. The zero-order valence-corrected chi connectivity index (χ0v) is 23.4. The second-order valence-electron chi connectivity index (χ2n) is 9.82. The maximum atomic E-state index is 11.9. The molecule has 0 aromatic heterocycles. The molecule has 0 aromatic carbocycles. The first-order chi connectivity index (χ1) is 15.5. The lowest BCUT2D eigenvalue weighted by Crippen LogP contribution is -2.51. The highest BCUT2D eigenvalue weighted by molar-refractivity contribution is 7.99. The Morgan fingerprint density at radius 2 is 1.12 bits per heavy atom. The summed E-state index contributed by atoms with van der Waals surface area (Å²) in [7, 11) is -1.97. The Labute approximate surface area is 209 Å². The predicted molar refractivity (Wildman–Crippen MR) is 141 cm³/mol. The largest absolute Gasteiger partial charge is 0.756 e. The number of hydrogen-bond donors (Lipinski definition) is 0. The molecule has 0 radical (unpaired) electrons. The minimum atomic E-state index is -4.15. The standard InChI is InChI=1S/C25H52NO4PS.H2O/c1-3-4-5-6-7-8-9-10-11-12-13-14-15-16-17-18-22-29-31(27,28)30-23-19-26(2)20-24-32-25-21-26;/h3-25H2,1-2H3;1H2. The fraction of sp³-hybridized carbons (Fsp3) is 1.00. The Hall–Kier alpha value is 0.380. The van der Waals surface area contributed by atoms with Crippen molar-refractivity contribution in [2.24, 2.45) is 0 Å². The van der Waals surface area contributed by atoms with Gasteiger partial charge in [-0.3, -0.25) is 4.57 Å². The maximum Gasteiger partial charge on any atom is 0.268 e. The summed E-state index contributed by atoms with van der Waals surface area (Å²) in [6.45, 7) is 5.64. The van der Waals surface area contributed by atoms with E-state index in [1.165, 1.54) is 89.9 Å². The van der Waals surface area contributed by atoms with Crippen molar-refractivity contribution in [3.63, 3.8) is 0 Å². The van der Waals surface area contributed by atoms with E-state index in [0.29, 0.717) is 0 Å². The second kappa shape index (κ2) is 21.6. The average Bonchev–Trinajstić information content (AvgIpc) is 2.76. The van der Waals surface area contributed by atoms with Crippen molar-refractivity contribution < 1.29 is 28.5 Å². The summed E-state index contributed by atoms with van der Waals surface area (Å²) in [4.78, 5) is 11.9. The lowest BCUT2D eigenvalue weighted by Gasteiger charge is -2.37. The summed E-state index contributed by atoms with van der Waals surface area (Å²) in [5, 5.41) is 0. The number of likely N-dealkylation sites (N-methyl/N-ethyl adjacent to an activating group) is 1. The van der Waals surface area contributed by atoms with E-state index in [0.717, 1.165) is 48.5 Å². The normalized spacial score (nSPS) is 17.4. The van der Waals surface area contributed by atoms with E-state index in [-0.39, 0.29) is 18.7 Å². The van der Waals surface area contributed by atoms with Crippen LogP contribution in [0.2, 0.25) is 0 Å². The van der Waals surface area contributed by atoms with E-state index >= 15 is 0 Å². The van der Waals surface area contributed by atoms with Gasteiger partial charge >= 0.3 is 0 Å². The van der Waals surface area contributed by atoms with E-state index in [1.54, 1.807) is 0 Å². The van der Waals surface area contributed by atoms with Gasteiger partial charge < -0.3 is 23.9 Å². The van der Waals surface area contributed by atoms with E-state index in [4.69, 9.17) is 9.05 Å². The highest BCUT2D eigenvalue weighted by Crippen LogP contribution is 2.38. The first kappa shape index (κ1) is 33.4. The number of thioether (sulfide) groups is 1. The van der Waals surface area contributed by atoms with Crippen LogP contribution in [0.4, 0.5) is 0 Å². The number of nitrogens with zero attached hydrogens (tertiary/aromatic N) is 1. The SMILES string of the molecule is CCCCCCCCCCCCCCCCCCOP(=O)([O-])OCC[N+]1(C)CCSCC1.O. The molecule has 1 aliphatic heterocycles. The number of unbranched alkanes of at least 4 members (excludes halogenated alkanes) is 15. The number of phosphoric ester groups is 1. The van der Waals surface area contributed by atoms with Crippen LogP contribution in [0.1, 0.15) is 110 Å². The predicted octanol–water partition coefficient (Wildman–Crippen LogP) is 6.12. The molecule has 1 unspecified atom stereocenters. The Kier molecular flexibility index (Phi) is 21.9. The molecule has 2 N–H and O–H groups in total. The first-order valence-electron chi connectivity index (χ1n) is 13.5. The van der Waals surface area contributed by atoms with Gasteiger partial charge in [0.2, 0.25) is 0 Å². The minimum absolute atomic E-state index is 0. The van der Waals surface area contributed by atoms with E-state index < -0.39 is 7.82 Å². The molecule has 0 bridgehead atoms. The minimum Gasteiger partial charge on any atom is -0.756 e. The Morgan fingerprint density at radius 1 is 0.727 bits per heavy atom. The van der Waals surface area contributed by atoms with Crippen molar-refractivity contribution in [2.75, 3.05) is 51.4 Å². The van der Waals surface area contributed by atoms with Gasteiger partial charge in [-0.1, -0.05) is 103 Å². The van der Waals surface area contributed by atoms with Gasteiger partial charge in [-0.05, 0) is 6.42 Å². The molecule has 8 heteroatoms. The van der Waals surface area contributed by atoms with Gasteiger partial charge in [0.1, 0.15) is 13.2 Å². The third kappa shape index (κ3) is 20.3. The van der Waals surface area contributed by atoms with Crippen LogP contribution in [0.15, 0.2) is 0 Å². The van der Waals surface area contributed by atoms with Crippen LogP contribution in [0.3, 0.4) is 0 Å².